The Bertz CT molecular complexity index is 496. The third kappa shape index (κ3) is 4.38. The highest BCUT2D eigenvalue weighted by Gasteiger charge is 2.44. The minimum absolute atomic E-state index is 0. The Morgan fingerprint density at radius 2 is 2.05 bits per heavy atom. The molecule has 0 unspecified atom stereocenters. The lowest BCUT2D eigenvalue weighted by Crippen LogP contribution is -2.39. The van der Waals surface area contributed by atoms with Gasteiger partial charge in [0.1, 0.15) is 6.10 Å². The molecular weight excluding hydrogens is 320 g/mol. The van der Waals surface area contributed by atoms with Crippen LogP contribution in [0.5, 0.6) is 0 Å². The number of halogens is 1. The molecule has 22 heavy (non-hydrogen) atoms. The quantitative estimate of drug-likeness (QED) is 0.833. The van der Waals surface area contributed by atoms with Crippen molar-refractivity contribution in [1.29, 1.82) is 0 Å². The molecule has 122 valence electrons. The number of nitrogens with one attached hydrogen (secondary N) is 1. The highest BCUT2D eigenvalue weighted by Crippen LogP contribution is 2.51. The molecule has 6 heteroatoms. The molecule has 1 aliphatic carbocycles. The predicted octanol–water partition coefficient (Wildman–Crippen LogP) is 2.36. The van der Waals surface area contributed by atoms with E-state index in [0.717, 1.165) is 32.2 Å². The molecule has 1 aromatic rings. The van der Waals surface area contributed by atoms with Gasteiger partial charge < -0.3 is 15.8 Å². The van der Waals surface area contributed by atoms with Crippen molar-refractivity contribution in [3.63, 3.8) is 0 Å². The zero-order chi connectivity index (χ0) is 14.7. The Labute approximate surface area is 142 Å². The van der Waals surface area contributed by atoms with E-state index in [2.05, 4.69) is 29.6 Å². The molecular formula is C16H23ClN2O2S. The Morgan fingerprint density at radius 3 is 2.64 bits per heavy atom. The van der Waals surface area contributed by atoms with Gasteiger partial charge >= 0.3 is 0 Å². The Balaban J connectivity index is 0.00000176. The van der Waals surface area contributed by atoms with Crippen molar-refractivity contribution in [3.05, 3.63) is 30.3 Å². The summed E-state index contributed by atoms with van der Waals surface area (Å²) >= 11 is 1.87. The molecule has 0 spiro atoms. The van der Waals surface area contributed by atoms with Crippen molar-refractivity contribution in [1.82, 2.24) is 5.32 Å². The molecule has 0 aromatic heterocycles. The van der Waals surface area contributed by atoms with Crippen LogP contribution in [0.25, 0.3) is 0 Å². The standard InChI is InChI=1S/C16H22N2O2S.ClH/c17-10-12-6-7-14(20-12)15(19)18-11-16(8-9-16)21-13-4-2-1-3-5-13;/h1-5,12,14H,6-11,17H2,(H,18,19);1H/t12-,14+;/m1./s1. The predicted molar refractivity (Wildman–Crippen MR) is 91.5 cm³/mol. The van der Waals surface area contributed by atoms with Crippen LogP contribution < -0.4 is 11.1 Å². The second kappa shape index (κ2) is 7.68. The van der Waals surface area contributed by atoms with Gasteiger partial charge in [-0.25, -0.2) is 0 Å². The fraction of sp³-hybridized carbons (Fsp3) is 0.562. The van der Waals surface area contributed by atoms with Crippen molar-refractivity contribution in [2.45, 2.75) is 47.5 Å². The Morgan fingerprint density at radius 1 is 1.32 bits per heavy atom. The van der Waals surface area contributed by atoms with E-state index in [1.807, 2.05) is 17.8 Å². The average molecular weight is 343 g/mol. The number of amides is 1. The van der Waals surface area contributed by atoms with Crippen LogP contribution in [-0.4, -0.2) is 36.0 Å². The number of carbonyl (C=O) groups is 1. The first-order chi connectivity index (χ1) is 10.2. The van der Waals surface area contributed by atoms with Crippen molar-refractivity contribution in [2.24, 2.45) is 5.73 Å². The molecule has 1 aromatic carbocycles. The molecule has 1 aliphatic heterocycles. The van der Waals surface area contributed by atoms with Crippen LogP contribution in [0.4, 0.5) is 0 Å². The number of hydrogen-bond donors (Lipinski definition) is 2. The summed E-state index contributed by atoms with van der Waals surface area (Å²) in [4.78, 5) is 13.4. The van der Waals surface area contributed by atoms with E-state index in [1.165, 1.54) is 4.90 Å². The molecule has 1 saturated heterocycles. The van der Waals surface area contributed by atoms with E-state index in [0.29, 0.717) is 6.54 Å². The molecule has 3 rings (SSSR count). The minimum atomic E-state index is -0.309. The minimum Gasteiger partial charge on any atom is -0.364 e. The first-order valence-corrected chi connectivity index (χ1v) is 8.40. The molecule has 2 atom stereocenters. The van der Waals surface area contributed by atoms with Crippen LogP contribution in [0.3, 0.4) is 0 Å². The third-order valence-electron chi connectivity index (χ3n) is 4.13. The van der Waals surface area contributed by atoms with Gasteiger partial charge in [0.2, 0.25) is 5.91 Å². The van der Waals surface area contributed by atoms with E-state index in [9.17, 15) is 4.79 Å². The molecule has 3 N–H and O–H groups in total. The molecule has 1 saturated carbocycles. The van der Waals surface area contributed by atoms with E-state index >= 15 is 0 Å². The van der Waals surface area contributed by atoms with Crippen molar-refractivity contribution < 1.29 is 9.53 Å². The van der Waals surface area contributed by atoms with Gasteiger partial charge in [-0.1, -0.05) is 18.2 Å². The van der Waals surface area contributed by atoms with Gasteiger partial charge in [-0.05, 0) is 37.8 Å². The van der Waals surface area contributed by atoms with E-state index in [1.54, 1.807) is 0 Å². The van der Waals surface area contributed by atoms with Crippen LogP contribution >= 0.6 is 24.2 Å². The number of hydrogen-bond acceptors (Lipinski definition) is 4. The number of rotatable bonds is 6. The molecule has 1 heterocycles. The molecule has 1 amide bonds. The number of ether oxygens (including phenoxy) is 1. The van der Waals surface area contributed by atoms with Gasteiger partial charge in [-0.2, -0.15) is 0 Å². The number of nitrogens with two attached hydrogens (primary N) is 1. The molecule has 2 aliphatic rings. The highest BCUT2D eigenvalue weighted by atomic mass is 35.5. The highest BCUT2D eigenvalue weighted by molar-refractivity contribution is 8.01. The maximum Gasteiger partial charge on any atom is 0.249 e. The van der Waals surface area contributed by atoms with Gasteiger partial charge in [-0.15, -0.1) is 24.2 Å². The van der Waals surface area contributed by atoms with Crippen molar-refractivity contribution in [3.8, 4) is 0 Å². The summed E-state index contributed by atoms with van der Waals surface area (Å²) in [5.41, 5.74) is 5.58. The summed E-state index contributed by atoms with van der Waals surface area (Å²) in [5.74, 6) is 0.0193. The lowest BCUT2D eigenvalue weighted by molar-refractivity contribution is -0.131. The molecule has 2 fully saturated rings. The first-order valence-electron chi connectivity index (χ1n) is 7.58. The van der Waals surface area contributed by atoms with Crippen molar-refractivity contribution in [2.75, 3.05) is 13.1 Å². The third-order valence-corrected chi connectivity index (χ3v) is 5.63. The Kier molecular flexibility index (Phi) is 6.15. The number of benzene rings is 1. The van der Waals surface area contributed by atoms with E-state index in [4.69, 9.17) is 10.5 Å². The summed E-state index contributed by atoms with van der Waals surface area (Å²) < 4.78 is 5.82. The van der Waals surface area contributed by atoms with Gasteiger partial charge in [0.05, 0.1) is 6.10 Å². The molecule has 0 bridgehead atoms. The number of carbonyl (C=O) groups excluding carboxylic acids is 1. The van der Waals surface area contributed by atoms with Gasteiger partial charge in [0.25, 0.3) is 0 Å². The average Bonchev–Trinajstić information content (AvgIpc) is 3.10. The zero-order valence-corrected chi connectivity index (χ0v) is 14.1. The number of thioether (sulfide) groups is 1. The van der Waals surface area contributed by atoms with Crippen LogP contribution in [0.15, 0.2) is 35.2 Å². The molecule has 0 radical (unpaired) electrons. The fourth-order valence-corrected chi connectivity index (χ4v) is 3.87. The summed E-state index contributed by atoms with van der Waals surface area (Å²) in [5, 5.41) is 3.07. The molecule has 4 nitrogen and oxygen atoms in total. The van der Waals surface area contributed by atoms with Crippen LogP contribution in [0.2, 0.25) is 0 Å². The lowest BCUT2D eigenvalue weighted by atomic mass is 10.2. The zero-order valence-electron chi connectivity index (χ0n) is 12.5. The smallest absolute Gasteiger partial charge is 0.249 e. The second-order valence-electron chi connectivity index (χ2n) is 5.88. The first kappa shape index (κ1) is 17.6. The van der Waals surface area contributed by atoms with Crippen molar-refractivity contribution >= 4 is 30.1 Å². The fourth-order valence-electron chi connectivity index (χ4n) is 2.63. The van der Waals surface area contributed by atoms with E-state index < -0.39 is 0 Å². The van der Waals surface area contributed by atoms with Gasteiger partial charge in [0.15, 0.2) is 0 Å². The SMILES string of the molecule is Cl.NC[C@H]1CC[C@@H](C(=O)NCC2(Sc3ccccc3)CC2)O1. The van der Waals surface area contributed by atoms with Crippen LogP contribution in [0.1, 0.15) is 25.7 Å². The summed E-state index contributed by atoms with van der Waals surface area (Å²) in [6.07, 6.45) is 3.73. The van der Waals surface area contributed by atoms with Crippen LogP contribution in [-0.2, 0) is 9.53 Å². The monoisotopic (exact) mass is 342 g/mol. The van der Waals surface area contributed by atoms with Gasteiger partial charge in [0, 0.05) is 22.7 Å². The second-order valence-corrected chi connectivity index (χ2v) is 7.42. The van der Waals surface area contributed by atoms with E-state index in [-0.39, 0.29) is 35.3 Å². The maximum absolute atomic E-state index is 12.1. The largest absolute Gasteiger partial charge is 0.364 e. The normalized spacial score (nSPS) is 25.3. The van der Waals surface area contributed by atoms with Crippen LogP contribution in [0, 0.1) is 0 Å². The maximum atomic E-state index is 12.1. The summed E-state index contributed by atoms with van der Waals surface area (Å²) in [7, 11) is 0. The van der Waals surface area contributed by atoms with Gasteiger partial charge in [-0.3, -0.25) is 4.79 Å². The lowest BCUT2D eigenvalue weighted by Gasteiger charge is -2.18. The summed E-state index contributed by atoms with van der Waals surface area (Å²) in [6, 6.07) is 10.4. The Hall–Kier alpha value is -0.750. The topological polar surface area (TPSA) is 64.4 Å². The summed E-state index contributed by atoms with van der Waals surface area (Å²) in [6.45, 7) is 1.22.